The highest BCUT2D eigenvalue weighted by atomic mass is 16.5. The lowest BCUT2D eigenvalue weighted by atomic mass is 9.91. The Morgan fingerprint density at radius 3 is 2.65 bits per heavy atom. The monoisotopic (exact) mass is 425 g/mol. The van der Waals surface area contributed by atoms with Gasteiger partial charge < -0.3 is 29.5 Å². The molecule has 7 heteroatoms. The van der Waals surface area contributed by atoms with Crippen molar-refractivity contribution in [1.82, 2.24) is 0 Å². The molecular weight excluding hydrogens is 398 g/mol. The van der Waals surface area contributed by atoms with Gasteiger partial charge in [0.05, 0.1) is 49.8 Å². The van der Waals surface area contributed by atoms with Gasteiger partial charge in [-0.3, -0.25) is 0 Å². The van der Waals surface area contributed by atoms with Crippen molar-refractivity contribution >= 4 is 0 Å². The SMILES string of the molecule is N#Cc1cc(OC2CCOC2)c(C2CC(O)CC(CO)O2)cc1Cc1ccc(O)cc1. The number of rotatable bonds is 6. The minimum absolute atomic E-state index is 0.101. The number of benzene rings is 2. The highest BCUT2D eigenvalue weighted by molar-refractivity contribution is 5.51. The largest absolute Gasteiger partial charge is 0.508 e. The van der Waals surface area contributed by atoms with Crippen LogP contribution in [0.2, 0.25) is 0 Å². The molecule has 0 amide bonds. The van der Waals surface area contributed by atoms with Crippen LogP contribution in [0.15, 0.2) is 36.4 Å². The molecule has 2 saturated heterocycles. The van der Waals surface area contributed by atoms with Crippen molar-refractivity contribution in [3.05, 3.63) is 58.7 Å². The van der Waals surface area contributed by atoms with Gasteiger partial charge in [-0.05, 0) is 41.8 Å². The molecule has 7 nitrogen and oxygen atoms in total. The Kier molecular flexibility index (Phi) is 6.73. The van der Waals surface area contributed by atoms with E-state index in [1.54, 1.807) is 18.2 Å². The number of phenols is 1. The smallest absolute Gasteiger partial charge is 0.127 e. The standard InChI is InChI=1S/C24H27NO6/c25-12-17-9-23(30-20-5-6-29-14-20)22(24-11-19(28)10-21(13-26)31-24)8-16(17)7-15-1-3-18(27)4-2-15/h1-4,8-9,19-21,24,26-28H,5-7,10-11,13-14H2. The minimum Gasteiger partial charge on any atom is -0.508 e. The van der Waals surface area contributed by atoms with Crippen LogP contribution in [0.25, 0.3) is 0 Å². The van der Waals surface area contributed by atoms with Crippen molar-refractivity contribution in [1.29, 1.82) is 5.26 Å². The lowest BCUT2D eigenvalue weighted by Crippen LogP contribution is -2.34. The summed E-state index contributed by atoms with van der Waals surface area (Å²) in [6, 6.07) is 12.8. The first-order valence-corrected chi connectivity index (χ1v) is 10.6. The van der Waals surface area contributed by atoms with Crippen LogP contribution in [-0.2, 0) is 15.9 Å². The molecule has 0 spiro atoms. The summed E-state index contributed by atoms with van der Waals surface area (Å²) in [4.78, 5) is 0. The van der Waals surface area contributed by atoms with Crippen LogP contribution >= 0.6 is 0 Å². The molecule has 164 valence electrons. The van der Waals surface area contributed by atoms with Crippen molar-refractivity contribution < 1.29 is 29.5 Å². The topological polar surface area (TPSA) is 112 Å². The molecule has 4 rings (SSSR count). The van der Waals surface area contributed by atoms with Crippen LogP contribution < -0.4 is 4.74 Å². The first kappa shape index (κ1) is 21.6. The minimum atomic E-state index is -0.588. The van der Waals surface area contributed by atoms with Crippen molar-refractivity contribution in [2.24, 2.45) is 0 Å². The molecule has 2 heterocycles. The van der Waals surface area contributed by atoms with Crippen molar-refractivity contribution in [2.45, 2.75) is 50.1 Å². The fraction of sp³-hybridized carbons (Fsp3) is 0.458. The van der Waals surface area contributed by atoms with Crippen molar-refractivity contribution in [3.63, 3.8) is 0 Å². The Morgan fingerprint density at radius 2 is 1.97 bits per heavy atom. The van der Waals surface area contributed by atoms with Gasteiger partial charge in [-0.2, -0.15) is 5.26 Å². The normalized spacial score (nSPS) is 25.8. The number of hydrogen-bond acceptors (Lipinski definition) is 7. The van der Waals surface area contributed by atoms with Gasteiger partial charge in [-0.15, -0.1) is 0 Å². The second-order valence-corrected chi connectivity index (χ2v) is 8.16. The Bertz CT molecular complexity index is 932. The summed E-state index contributed by atoms with van der Waals surface area (Å²) >= 11 is 0. The van der Waals surface area contributed by atoms with E-state index in [1.807, 2.05) is 18.2 Å². The first-order valence-electron chi connectivity index (χ1n) is 10.6. The molecule has 0 bridgehead atoms. The van der Waals surface area contributed by atoms with E-state index < -0.39 is 18.3 Å². The number of aromatic hydroxyl groups is 1. The highest BCUT2D eigenvalue weighted by Gasteiger charge is 2.32. The number of hydrogen-bond donors (Lipinski definition) is 3. The number of aliphatic hydroxyl groups is 2. The summed E-state index contributed by atoms with van der Waals surface area (Å²) in [5, 5.41) is 39.2. The van der Waals surface area contributed by atoms with Crippen LogP contribution in [0.1, 0.15) is 47.6 Å². The van der Waals surface area contributed by atoms with E-state index in [9.17, 15) is 20.6 Å². The fourth-order valence-corrected chi connectivity index (χ4v) is 4.17. The Hall–Kier alpha value is -2.63. The molecule has 2 aromatic rings. The third-order valence-corrected chi connectivity index (χ3v) is 5.80. The third-order valence-electron chi connectivity index (χ3n) is 5.80. The fourth-order valence-electron chi connectivity index (χ4n) is 4.17. The van der Waals surface area contributed by atoms with E-state index in [1.165, 1.54) is 0 Å². The van der Waals surface area contributed by atoms with Crippen LogP contribution in [0, 0.1) is 11.3 Å². The van der Waals surface area contributed by atoms with Crippen molar-refractivity contribution in [2.75, 3.05) is 19.8 Å². The van der Waals surface area contributed by atoms with Crippen LogP contribution in [0.5, 0.6) is 11.5 Å². The molecule has 31 heavy (non-hydrogen) atoms. The molecule has 0 radical (unpaired) electrons. The third kappa shape index (κ3) is 5.17. The lowest BCUT2D eigenvalue weighted by molar-refractivity contribution is -0.114. The first-order chi connectivity index (χ1) is 15.1. The number of aliphatic hydroxyl groups excluding tert-OH is 2. The molecule has 2 aliphatic rings. The molecule has 0 aromatic heterocycles. The van der Waals surface area contributed by atoms with Gasteiger partial charge in [0.15, 0.2) is 0 Å². The molecule has 4 unspecified atom stereocenters. The zero-order valence-corrected chi connectivity index (χ0v) is 17.2. The van der Waals surface area contributed by atoms with E-state index >= 15 is 0 Å². The maximum Gasteiger partial charge on any atom is 0.127 e. The van der Waals surface area contributed by atoms with E-state index in [-0.39, 0.29) is 18.5 Å². The van der Waals surface area contributed by atoms with Crippen LogP contribution in [0.3, 0.4) is 0 Å². The van der Waals surface area contributed by atoms with E-state index in [0.29, 0.717) is 43.8 Å². The molecule has 2 aliphatic heterocycles. The van der Waals surface area contributed by atoms with Crippen LogP contribution in [0.4, 0.5) is 0 Å². The average molecular weight is 425 g/mol. The predicted molar refractivity (Wildman–Crippen MR) is 112 cm³/mol. The Balaban J connectivity index is 1.71. The maximum absolute atomic E-state index is 10.3. The summed E-state index contributed by atoms with van der Waals surface area (Å²) < 4.78 is 17.7. The lowest BCUT2D eigenvalue weighted by Gasteiger charge is -2.34. The second kappa shape index (κ2) is 9.67. The van der Waals surface area contributed by atoms with Gasteiger partial charge in [0.25, 0.3) is 0 Å². The van der Waals surface area contributed by atoms with Gasteiger partial charge in [-0.1, -0.05) is 12.1 Å². The molecule has 3 N–H and O–H groups in total. The van der Waals surface area contributed by atoms with Gasteiger partial charge in [0.1, 0.15) is 17.6 Å². The van der Waals surface area contributed by atoms with Gasteiger partial charge in [0.2, 0.25) is 0 Å². The Morgan fingerprint density at radius 1 is 1.16 bits per heavy atom. The molecule has 0 aliphatic carbocycles. The van der Waals surface area contributed by atoms with Gasteiger partial charge in [-0.25, -0.2) is 0 Å². The summed E-state index contributed by atoms with van der Waals surface area (Å²) in [6.07, 6.45) is 0.447. The zero-order chi connectivity index (χ0) is 21.8. The van der Waals surface area contributed by atoms with Gasteiger partial charge >= 0.3 is 0 Å². The number of ether oxygens (including phenoxy) is 3. The number of nitrogens with zero attached hydrogens (tertiary/aromatic N) is 1. The predicted octanol–water partition coefficient (Wildman–Crippen LogP) is 2.60. The summed E-state index contributed by atoms with van der Waals surface area (Å²) in [5.74, 6) is 0.740. The average Bonchev–Trinajstić information content (AvgIpc) is 3.28. The highest BCUT2D eigenvalue weighted by Crippen LogP contribution is 2.39. The molecular formula is C24H27NO6. The second-order valence-electron chi connectivity index (χ2n) is 8.16. The molecule has 2 aromatic carbocycles. The number of phenolic OH excluding ortho intramolecular Hbond substituents is 1. The molecule has 2 fully saturated rings. The van der Waals surface area contributed by atoms with Crippen molar-refractivity contribution in [3.8, 4) is 17.6 Å². The Labute approximate surface area is 181 Å². The van der Waals surface area contributed by atoms with Crippen LogP contribution in [-0.4, -0.2) is 53.5 Å². The van der Waals surface area contributed by atoms with E-state index in [2.05, 4.69) is 6.07 Å². The van der Waals surface area contributed by atoms with E-state index in [4.69, 9.17) is 14.2 Å². The van der Waals surface area contributed by atoms with Gasteiger partial charge in [0, 0.05) is 24.8 Å². The molecule has 0 saturated carbocycles. The van der Waals surface area contributed by atoms with E-state index in [0.717, 1.165) is 23.1 Å². The molecule has 4 atom stereocenters. The summed E-state index contributed by atoms with van der Waals surface area (Å²) in [7, 11) is 0. The zero-order valence-electron chi connectivity index (χ0n) is 17.2. The maximum atomic E-state index is 10.3. The summed E-state index contributed by atoms with van der Waals surface area (Å²) in [6.45, 7) is 0.954. The quantitative estimate of drug-likeness (QED) is 0.652. The summed E-state index contributed by atoms with van der Waals surface area (Å²) in [5.41, 5.74) is 3.02. The number of nitriles is 1.